The van der Waals surface area contributed by atoms with Crippen LogP contribution in [0, 0.1) is 28.6 Å². The molecule has 0 bridgehead atoms. The lowest BCUT2D eigenvalue weighted by Crippen LogP contribution is -2.46. The summed E-state index contributed by atoms with van der Waals surface area (Å²) in [6.45, 7) is 1.94. The summed E-state index contributed by atoms with van der Waals surface area (Å²) in [5.41, 5.74) is 2.08. The minimum Gasteiger partial charge on any atom is -0.461 e. The normalized spacial score (nSPS) is 19.5. The van der Waals surface area contributed by atoms with E-state index in [0.29, 0.717) is 30.0 Å². The number of esters is 1. The third kappa shape index (κ3) is 3.40. The van der Waals surface area contributed by atoms with Gasteiger partial charge in [0.15, 0.2) is 11.5 Å². The first kappa shape index (κ1) is 20.4. The van der Waals surface area contributed by atoms with Crippen molar-refractivity contribution in [1.29, 1.82) is 10.5 Å². The van der Waals surface area contributed by atoms with E-state index in [4.69, 9.17) is 14.2 Å². The van der Waals surface area contributed by atoms with Crippen molar-refractivity contribution < 1.29 is 14.1 Å². The van der Waals surface area contributed by atoms with Crippen molar-refractivity contribution in [2.75, 3.05) is 6.61 Å². The van der Waals surface area contributed by atoms with Gasteiger partial charge in [-0.3, -0.25) is 4.68 Å². The average molecular weight is 442 g/mol. The van der Waals surface area contributed by atoms with Crippen molar-refractivity contribution in [2.45, 2.75) is 31.7 Å². The summed E-state index contributed by atoms with van der Waals surface area (Å²) in [6, 6.07) is 7.79. The maximum atomic E-state index is 11.9. The van der Waals surface area contributed by atoms with Crippen molar-refractivity contribution >= 4 is 11.5 Å². The Morgan fingerprint density at radius 1 is 1.33 bits per heavy atom. The molecule has 0 radical (unpaired) electrons. The summed E-state index contributed by atoms with van der Waals surface area (Å²) in [6.07, 6.45) is 8.30. The van der Waals surface area contributed by atoms with Crippen LogP contribution in [0.15, 0.2) is 41.4 Å². The van der Waals surface area contributed by atoms with Crippen LogP contribution in [0.3, 0.4) is 0 Å². The maximum absolute atomic E-state index is 11.9. The first-order valence-electron chi connectivity index (χ1n) is 10.4. The Balaban J connectivity index is 1.54. The van der Waals surface area contributed by atoms with Crippen LogP contribution in [0.5, 0.6) is 0 Å². The molecular weight excluding hydrogens is 424 g/mol. The molecule has 0 aliphatic heterocycles. The molecule has 164 valence electrons. The van der Waals surface area contributed by atoms with Crippen molar-refractivity contribution in [1.82, 2.24) is 29.5 Å². The highest BCUT2D eigenvalue weighted by Crippen LogP contribution is 2.46. The summed E-state index contributed by atoms with van der Waals surface area (Å²) >= 11 is 0. The van der Waals surface area contributed by atoms with Gasteiger partial charge in [0.05, 0.1) is 60.7 Å². The summed E-state index contributed by atoms with van der Waals surface area (Å²) in [4.78, 5) is 16.7. The number of fused-ring (bicyclic) bond motifs is 1. The SMILES string of the molecule is CCOC(=O)c1cc(-c2cn3nccc3c(-c3cnn([C@]4(CC#N)C[C@@H](C#N)C4)c3)n2)on1. The molecule has 0 amide bonds. The summed E-state index contributed by atoms with van der Waals surface area (Å²) < 4.78 is 13.7. The van der Waals surface area contributed by atoms with Crippen LogP contribution in [-0.2, 0) is 10.3 Å². The van der Waals surface area contributed by atoms with E-state index in [2.05, 4.69) is 27.5 Å². The van der Waals surface area contributed by atoms with E-state index in [-0.39, 0.29) is 24.6 Å². The zero-order chi connectivity index (χ0) is 23.0. The fourth-order valence-corrected chi connectivity index (χ4v) is 4.17. The fourth-order valence-electron chi connectivity index (χ4n) is 4.17. The van der Waals surface area contributed by atoms with Gasteiger partial charge in [-0.15, -0.1) is 0 Å². The molecule has 11 nitrogen and oxygen atoms in total. The summed E-state index contributed by atoms with van der Waals surface area (Å²) in [7, 11) is 0. The number of nitriles is 2. The van der Waals surface area contributed by atoms with Crippen molar-refractivity contribution in [3.05, 3.63) is 42.6 Å². The second-order valence-electron chi connectivity index (χ2n) is 7.90. The lowest BCUT2D eigenvalue weighted by atomic mass is 9.67. The smallest absolute Gasteiger partial charge is 0.360 e. The number of nitrogens with zero attached hydrogens (tertiary/aromatic N) is 8. The predicted octanol–water partition coefficient (Wildman–Crippen LogP) is 2.97. The van der Waals surface area contributed by atoms with Crippen LogP contribution >= 0.6 is 0 Å². The number of hydrogen-bond donors (Lipinski definition) is 0. The third-order valence-electron chi connectivity index (χ3n) is 5.82. The molecule has 33 heavy (non-hydrogen) atoms. The van der Waals surface area contributed by atoms with Crippen LogP contribution in [0.25, 0.3) is 28.2 Å². The topological polar surface area (TPSA) is 148 Å². The molecule has 4 aromatic rings. The molecule has 4 heterocycles. The van der Waals surface area contributed by atoms with Crippen LogP contribution in [0.4, 0.5) is 0 Å². The quantitative estimate of drug-likeness (QED) is 0.411. The molecular formula is C22H18N8O3. The van der Waals surface area contributed by atoms with Crippen molar-refractivity contribution in [3.63, 3.8) is 0 Å². The minimum absolute atomic E-state index is 0.0547. The molecule has 4 aromatic heterocycles. The van der Waals surface area contributed by atoms with Gasteiger partial charge in [-0.2, -0.15) is 20.7 Å². The Morgan fingerprint density at radius 2 is 2.18 bits per heavy atom. The zero-order valence-corrected chi connectivity index (χ0v) is 17.7. The van der Waals surface area contributed by atoms with E-state index in [1.807, 2.05) is 12.3 Å². The van der Waals surface area contributed by atoms with E-state index < -0.39 is 11.5 Å². The van der Waals surface area contributed by atoms with Gasteiger partial charge in [0.2, 0.25) is 0 Å². The minimum atomic E-state index is -0.576. The Morgan fingerprint density at radius 3 is 2.94 bits per heavy atom. The molecule has 1 aliphatic rings. The molecule has 1 aliphatic carbocycles. The Hall–Kier alpha value is -4.51. The number of carbonyl (C=O) groups is 1. The fraction of sp³-hybridized carbons (Fsp3) is 0.318. The average Bonchev–Trinajstić information content (AvgIpc) is 3.55. The van der Waals surface area contributed by atoms with E-state index >= 15 is 0 Å². The van der Waals surface area contributed by atoms with Crippen molar-refractivity contribution in [3.8, 4) is 34.8 Å². The molecule has 1 saturated carbocycles. The van der Waals surface area contributed by atoms with E-state index in [0.717, 1.165) is 11.1 Å². The van der Waals surface area contributed by atoms with Gasteiger partial charge >= 0.3 is 5.97 Å². The molecule has 1 fully saturated rings. The van der Waals surface area contributed by atoms with E-state index in [9.17, 15) is 15.3 Å². The maximum Gasteiger partial charge on any atom is 0.360 e. The standard InChI is InChI=1S/C22H18N8O3/c1-2-32-21(31)16-7-19(33-28-16)17-13-29-18(3-6-25-29)20(27-17)15-11-26-30(12-15)22(4-5-23)8-14(9-22)10-24/h3,6-7,11-14H,2,4,8-9H2,1H3/t14-,22-. The first-order chi connectivity index (χ1) is 16.1. The molecule has 0 atom stereocenters. The van der Waals surface area contributed by atoms with Gasteiger partial charge in [-0.1, -0.05) is 5.16 Å². The highest BCUT2D eigenvalue weighted by atomic mass is 16.5. The van der Waals surface area contributed by atoms with E-state index in [1.165, 1.54) is 6.07 Å². The van der Waals surface area contributed by atoms with Crippen molar-refractivity contribution in [2.24, 2.45) is 5.92 Å². The lowest BCUT2D eigenvalue weighted by Gasteiger charge is -2.43. The molecule has 0 spiro atoms. The monoisotopic (exact) mass is 442 g/mol. The van der Waals surface area contributed by atoms with Gasteiger partial charge in [0.25, 0.3) is 0 Å². The Labute approximate surface area is 187 Å². The summed E-state index contributed by atoms with van der Waals surface area (Å²) in [5, 5.41) is 31.1. The van der Waals surface area contributed by atoms with Crippen LogP contribution in [-0.4, -0.2) is 42.1 Å². The first-order valence-corrected chi connectivity index (χ1v) is 10.4. The second-order valence-corrected chi connectivity index (χ2v) is 7.90. The van der Waals surface area contributed by atoms with E-state index in [1.54, 1.807) is 34.7 Å². The highest BCUT2D eigenvalue weighted by molar-refractivity contribution is 5.88. The third-order valence-corrected chi connectivity index (χ3v) is 5.82. The molecule has 11 heteroatoms. The molecule has 0 N–H and O–H groups in total. The number of hydrogen-bond acceptors (Lipinski definition) is 9. The van der Waals surface area contributed by atoms with Crippen LogP contribution < -0.4 is 0 Å². The molecule has 5 rings (SSSR count). The van der Waals surface area contributed by atoms with Gasteiger partial charge < -0.3 is 9.26 Å². The lowest BCUT2D eigenvalue weighted by molar-refractivity contribution is 0.0514. The number of ether oxygens (including phenoxy) is 1. The number of carbonyl (C=O) groups excluding carboxylic acids is 1. The Kier molecular flexibility index (Phi) is 4.87. The highest BCUT2D eigenvalue weighted by Gasteiger charge is 2.46. The number of aromatic nitrogens is 6. The summed E-state index contributed by atoms with van der Waals surface area (Å²) in [5.74, 6) is -0.358. The number of rotatable bonds is 6. The van der Waals surface area contributed by atoms with Gasteiger partial charge in [0.1, 0.15) is 11.4 Å². The Bertz CT molecular complexity index is 1430. The predicted molar refractivity (Wildman–Crippen MR) is 112 cm³/mol. The van der Waals surface area contributed by atoms with Crippen LogP contribution in [0.2, 0.25) is 0 Å². The zero-order valence-electron chi connectivity index (χ0n) is 17.7. The van der Waals surface area contributed by atoms with Gasteiger partial charge in [-0.05, 0) is 25.8 Å². The van der Waals surface area contributed by atoms with Gasteiger partial charge in [-0.25, -0.2) is 14.3 Å². The molecule has 0 saturated heterocycles. The van der Waals surface area contributed by atoms with Gasteiger partial charge in [0, 0.05) is 17.8 Å². The second kappa shape index (κ2) is 7.88. The largest absolute Gasteiger partial charge is 0.461 e. The molecule has 0 aromatic carbocycles. The molecule has 0 unspecified atom stereocenters. The van der Waals surface area contributed by atoms with Crippen LogP contribution in [0.1, 0.15) is 36.7 Å².